The fraction of sp³-hybridized carbons (Fsp3) is 0.462. The molecule has 2 aromatic carbocycles. The minimum absolute atomic E-state index is 0.0304. The second-order valence-electron chi connectivity index (χ2n) is 10.1. The number of amides is 2. The van der Waals surface area contributed by atoms with E-state index < -0.39 is 17.8 Å². The van der Waals surface area contributed by atoms with E-state index in [0.29, 0.717) is 24.7 Å². The first-order valence-corrected chi connectivity index (χ1v) is 12.1. The molecule has 4 rings (SSSR count). The molecule has 188 valence electrons. The molecule has 35 heavy (non-hydrogen) atoms. The first kappa shape index (κ1) is 25.1. The SMILES string of the molecule is CC(C)(C)OC(=O)N1CC(C(=O)N2CCC(Cc3ccc(F)cc3)CC2)Oc2cc(O)c(Cl)cc21. The van der Waals surface area contributed by atoms with Gasteiger partial charge in [0, 0.05) is 19.2 Å². The van der Waals surface area contributed by atoms with Crippen molar-refractivity contribution in [3.63, 3.8) is 0 Å². The second-order valence-corrected chi connectivity index (χ2v) is 10.5. The highest BCUT2D eigenvalue weighted by Crippen LogP contribution is 2.41. The van der Waals surface area contributed by atoms with Gasteiger partial charge in [-0.25, -0.2) is 9.18 Å². The van der Waals surface area contributed by atoms with Crippen molar-refractivity contribution in [1.82, 2.24) is 4.90 Å². The van der Waals surface area contributed by atoms with Crippen LogP contribution in [0.2, 0.25) is 5.02 Å². The lowest BCUT2D eigenvalue weighted by molar-refractivity contribution is -0.140. The van der Waals surface area contributed by atoms with Crippen LogP contribution < -0.4 is 9.64 Å². The Bertz CT molecular complexity index is 1090. The smallest absolute Gasteiger partial charge is 0.415 e. The summed E-state index contributed by atoms with van der Waals surface area (Å²) in [6.07, 6.45) is 0.906. The topological polar surface area (TPSA) is 79.3 Å². The van der Waals surface area contributed by atoms with E-state index in [0.717, 1.165) is 24.8 Å². The molecular weight excluding hydrogens is 475 g/mol. The number of nitrogens with zero attached hydrogens (tertiary/aromatic N) is 2. The second kappa shape index (κ2) is 9.93. The fourth-order valence-corrected chi connectivity index (χ4v) is 4.58. The van der Waals surface area contributed by atoms with Gasteiger partial charge in [-0.2, -0.15) is 0 Å². The molecule has 1 fully saturated rings. The summed E-state index contributed by atoms with van der Waals surface area (Å²) >= 11 is 6.07. The van der Waals surface area contributed by atoms with E-state index in [4.69, 9.17) is 21.1 Å². The van der Waals surface area contributed by atoms with Gasteiger partial charge in [0.1, 0.15) is 22.9 Å². The van der Waals surface area contributed by atoms with E-state index in [1.807, 2.05) is 0 Å². The van der Waals surface area contributed by atoms with Crippen molar-refractivity contribution in [2.24, 2.45) is 5.92 Å². The third-order valence-electron chi connectivity index (χ3n) is 6.19. The Labute approximate surface area is 209 Å². The molecule has 0 bridgehead atoms. The van der Waals surface area contributed by atoms with Crippen molar-refractivity contribution < 1.29 is 28.6 Å². The number of phenolic OH excluding ortho intramolecular Hbond substituents is 1. The molecule has 1 atom stereocenters. The lowest BCUT2D eigenvalue weighted by Crippen LogP contribution is -2.54. The van der Waals surface area contributed by atoms with Gasteiger partial charge in [-0.15, -0.1) is 0 Å². The summed E-state index contributed by atoms with van der Waals surface area (Å²) < 4.78 is 24.6. The quantitative estimate of drug-likeness (QED) is 0.624. The molecule has 1 unspecified atom stereocenters. The average Bonchev–Trinajstić information content (AvgIpc) is 2.79. The minimum atomic E-state index is -0.941. The van der Waals surface area contributed by atoms with Gasteiger partial charge in [0.15, 0.2) is 6.10 Å². The zero-order valence-corrected chi connectivity index (χ0v) is 20.8. The maximum atomic E-state index is 13.4. The molecule has 0 aromatic heterocycles. The van der Waals surface area contributed by atoms with E-state index >= 15 is 0 Å². The van der Waals surface area contributed by atoms with Crippen LogP contribution in [0.25, 0.3) is 0 Å². The number of likely N-dealkylation sites (tertiary alicyclic amines) is 1. The Morgan fingerprint density at radius 2 is 1.83 bits per heavy atom. The van der Waals surface area contributed by atoms with Crippen LogP contribution in [0.3, 0.4) is 0 Å². The fourth-order valence-electron chi connectivity index (χ4n) is 4.43. The summed E-state index contributed by atoms with van der Waals surface area (Å²) in [4.78, 5) is 29.4. The van der Waals surface area contributed by atoms with Gasteiger partial charge in [-0.1, -0.05) is 23.7 Å². The number of carbonyl (C=O) groups excluding carboxylic acids is 2. The summed E-state index contributed by atoms with van der Waals surface area (Å²) in [6.45, 7) is 6.38. The molecule has 7 nitrogen and oxygen atoms in total. The number of aromatic hydroxyl groups is 1. The van der Waals surface area contributed by atoms with Gasteiger partial charge in [0.25, 0.3) is 5.91 Å². The Hall–Kier alpha value is -3.00. The number of fused-ring (bicyclic) bond motifs is 1. The van der Waals surface area contributed by atoms with Crippen LogP contribution in [0.1, 0.15) is 39.2 Å². The first-order chi connectivity index (χ1) is 16.5. The van der Waals surface area contributed by atoms with Crippen LogP contribution in [0.5, 0.6) is 11.5 Å². The Balaban J connectivity index is 1.45. The van der Waals surface area contributed by atoms with Gasteiger partial charge in [-0.3, -0.25) is 9.69 Å². The molecule has 0 aliphatic carbocycles. The molecule has 9 heteroatoms. The number of halogens is 2. The molecule has 2 heterocycles. The number of phenols is 1. The Morgan fingerprint density at radius 1 is 1.17 bits per heavy atom. The minimum Gasteiger partial charge on any atom is -0.506 e. The lowest BCUT2D eigenvalue weighted by Gasteiger charge is -2.39. The summed E-state index contributed by atoms with van der Waals surface area (Å²) in [5, 5.41) is 10.1. The maximum absolute atomic E-state index is 13.4. The van der Waals surface area contributed by atoms with E-state index in [1.165, 1.54) is 29.2 Å². The highest BCUT2D eigenvalue weighted by Gasteiger charge is 2.39. The number of hydrogen-bond donors (Lipinski definition) is 1. The summed E-state index contributed by atoms with van der Waals surface area (Å²) in [5.74, 6) is -0.0919. The van der Waals surface area contributed by atoms with Gasteiger partial charge in [0.05, 0.1) is 17.3 Å². The number of piperidine rings is 1. The monoisotopic (exact) mass is 504 g/mol. The molecule has 2 aromatic rings. The van der Waals surface area contributed by atoms with E-state index in [-0.39, 0.29) is 34.8 Å². The van der Waals surface area contributed by atoms with Gasteiger partial charge < -0.3 is 19.5 Å². The van der Waals surface area contributed by atoms with Crippen molar-refractivity contribution in [3.8, 4) is 11.5 Å². The standard InChI is InChI=1S/C26H30ClFN2O5/c1-26(2,3)35-25(33)30-15-23(34-22-14-21(31)19(27)13-20(22)30)24(32)29-10-8-17(9-11-29)12-16-4-6-18(28)7-5-16/h4-7,13-14,17,23,31H,8-12,15H2,1-3H3. The van der Waals surface area contributed by atoms with Crippen LogP contribution in [0.15, 0.2) is 36.4 Å². The van der Waals surface area contributed by atoms with Crippen molar-refractivity contribution in [2.75, 3.05) is 24.5 Å². The van der Waals surface area contributed by atoms with Crippen LogP contribution >= 0.6 is 11.6 Å². The number of hydrogen-bond acceptors (Lipinski definition) is 5. The van der Waals surface area contributed by atoms with Crippen molar-refractivity contribution in [1.29, 1.82) is 0 Å². The number of carbonyl (C=O) groups is 2. The summed E-state index contributed by atoms with van der Waals surface area (Å²) in [5.41, 5.74) is 0.682. The average molecular weight is 505 g/mol. The number of rotatable bonds is 3. The molecule has 0 radical (unpaired) electrons. The Morgan fingerprint density at radius 3 is 2.46 bits per heavy atom. The van der Waals surface area contributed by atoms with E-state index in [9.17, 15) is 19.1 Å². The summed E-state index contributed by atoms with van der Waals surface area (Å²) in [6, 6.07) is 9.27. The molecular formula is C26H30ClFN2O5. The molecule has 2 aliphatic heterocycles. The lowest BCUT2D eigenvalue weighted by atomic mass is 9.90. The summed E-state index contributed by atoms with van der Waals surface area (Å²) in [7, 11) is 0. The van der Waals surface area contributed by atoms with Crippen molar-refractivity contribution >= 4 is 29.3 Å². The first-order valence-electron chi connectivity index (χ1n) is 11.7. The van der Waals surface area contributed by atoms with Crippen LogP contribution in [-0.2, 0) is 16.0 Å². The molecule has 1 N–H and O–H groups in total. The van der Waals surface area contributed by atoms with Gasteiger partial charge in [-0.05, 0) is 69.7 Å². The van der Waals surface area contributed by atoms with E-state index in [2.05, 4.69) is 0 Å². The predicted octanol–water partition coefficient (Wildman–Crippen LogP) is 5.17. The molecule has 2 aliphatic rings. The highest BCUT2D eigenvalue weighted by molar-refractivity contribution is 6.32. The zero-order valence-electron chi connectivity index (χ0n) is 20.1. The third-order valence-corrected chi connectivity index (χ3v) is 6.49. The van der Waals surface area contributed by atoms with Crippen LogP contribution in [-0.4, -0.2) is 53.3 Å². The van der Waals surface area contributed by atoms with E-state index in [1.54, 1.807) is 37.8 Å². The zero-order chi connectivity index (χ0) is 25.3. The maximum Gasteiger partial charge on any atom is 0.415 e. The highest BCUT2D eigenvalue weighted by atomic mass is 35.5. The number of anilines is 1. The number of benzene rings is 2. The van der Waals surface area contributed by atoms with Crippen molar-refractivity contribution in [3.05, 3.63) is 52.8 Å². The van der Waals surface area contributed by atoms with Crippen molar-refractivity contribution in [2.45, 2.75) is 51.7 Å². The third kappa shape index (κ3) is 5.99. The molecule has 0 spiro atoms. The Kier molecular flexibility index (Phi) is 7.12. The predicted molar refractivity (Wildman–Crippen MR) is 131 cm³/mol. The normalized spacial score (nSPS) is 18.6. The molecule has 2 amide bonds. The largest absolute Gasteiger partial charge is 0.506 e. The van der Waals surface area contributed by atoms with Crippen LogP contribution in [0.4, 0.5) is 14.9 Å². The number of ether oxygens (including phenoxy) is 2. The van der Waals surface area contributed by atoms with Gasteiger partial charge in [0.2, 0.25) is 0 Å². The molecule has 0 saturated carbocycles. The molecule has 1 saturated heterocycles. The van der Waals surface area contributed by atoms with Gasteiger partial charge >= 0.3 is 6.09 Å². The van der Waals surface area contributed by atoms with Crippen LogP contribution in [0, 0.1) is 11.7 Å².